The Bertz CT molecular complexity index is 1940. The van der Waals surface area contributed by atoms with E-state index in [1.165, 1.54) is 10.5 Å². The van der Waals surface area contributed by atoms with Gasteiger partial charge in [-0.05, 0) is 43.4 Å². The first-order valence-electron chi connectivity index (χ1n) is 13.1. The van der Waals surface area contributed by atoms with Gasteiger partial charge >= 0.3 is 5.97 Å². The number of nitrogens with one attached hydrogen (secondary N) is 2. The Kier molecular flexibility index (Phi) is 5.21. The molecule has 0 amide bonds. The number of anilines is 2. The Balaban J connectivity index is 1.53. The van der Waals surface area contributed by atoms with Crippen LogP contribution >= 0.6 is 0 Å². The van der Waals surface area contributed by atoms with E-state index in [4.69, 9.17) is 5.73 Å². The second-order valence-electron chi connectivity index (χ2n) is 10.8. The van der Waals surface area contributed by atoms with Crippen LogP contribution in [0.15, 0.2) is 47.5 Å². The molecule has 5 N–H and O–H groups in total. The number of rotatable bonds is 5. The number of carbonyl (C=O) groups is 1. The monoisotopic (exact) mass is 544 g/mol. The largest absolute Gasteiger partial charge is 0.477 e. The van der Waals surface area contributed by atoms with E-state index in [1.54, 1.807) is 31.6 Å². The lowest BCUT2D eigenvalue weighted by Gasteiger charge is -2.25. The Morgan fingerprint density at radius 3 is 2.73 bits per heavy atom. The molecular formula is C29H26F2N6O3. The predicted molar refractivity (Wildman–Crippen MR) is 149 cm³/mol. The molecule has 0 bridgehead atoms. The topological polar surface area (TPSA) is 129 Å². The molecule has 1 atom stereocenters. The number of hydrogen-bond donors (Lipinski definition) is 4. The number of hydrogen-bond acceptors (Lipinski definition) is 6. The van der Waals surface area contributed by atoms with Crippen molar-refractivity contribution in [2.24, 2.45) is 11.7 Å². The van der Waals surface area contributed by atoms with Crippen molar-refractivity contribution in [1.82, 2.24) is 14.4 Å². The highest BCUT2D eigenvalue weighted by atomic mass is 19.2. The van der Waals surface area contributed by atoms with E-state index >= 15 is 4.39 Å². The molecule has 0 spiro atoms. The summed E-state index contributed by atoms with van der Waals surface area (Å²) < 4.78 is 31.6. The quantitative estimate of drug-likeness (QED) is 0.259. The van der Waals surface area contributed by atoms with Crippen molar-refractivity contribution in [3.8, 4) is 11.1 Å². The molecule has 9 nitrogen and oxygen atoms in total. The first kappa shape index (κ1) is 24.5. The van der Waals surface area contributed by atoms with Crippen molar-refractivity contribution in [3.05, 3.63) is 70.3 Å². The van der Waals surface area contributed by atoms with Crippen LogP contribution in [-0.2, 0) is 0 Å². The smallest absolute Gasteiger partial charge is 0.341 e. The van der Waals surface area contributed by atoms with Crippen LogP contribution in [0.3, 0.4) is 0 Å². The number of pyridine rings is 3. The van der Waals surface area contributed by atoms with Crippen LogP contribution < -0.4 is 21.5 Å². The number of aromatic nitrogens is 3. The molecule has 7 rings (SSSR count). The number of aromatic carboxylic acids is 1. The molecule has 4 aromatic heterocycles. The summed E-state index contributed by atoms with van der Waals surface area (Å²) in [6.07, 6.45) is 6.00. The van der Waals surface area contributed by atoms with Gasteiger partial charge in [-0.15, -0.1) is 0 Å². The minimum Gasteiger partial charge on any atom is -0.477 e. The van der Waals surface area contributed by atoms with Crippen LogP contribution in [0.2, 0.25) is 0 Å². The third-order valence-corrected chi connectivity index (χ3v) is 8.57. The number of aromatic amines is 1. The van der Waals surface area contributed by atoms with Crippen LogP contribution in [0.1, 0.15) is 29.6 Å². The highest BCUT2D eigenvalue weighted by Gasteiger charge is 2.48. The maximum atomic E-state index is 15.5. The van der Waals surface area contributed by atoms with Crippen molar-refractivity contribution in [1.29, 1.82) is 0 Å². The molecule has 204 valence electrons. The van der Waals surface area contributed by atoms with Crippen LogP contribution in [0.5, 0.6) is 0 Å². The van der Waals surface area contributed by atoms with E-state index in [0.717, 1.165) is 25.3 Å². The minimum atomic E-state index is -1.32. The number of benzene rings is 1. The van der Waals surface area contributed by atoms with Gasteiger partial charge in [0.1, 0.15) is 11.2 Å². The number of nitrogens with two attached hydrogens (primary N) is 1. The fraction of sp³-hybridized carbons (Fsp3) is 0.276. The summed E-state index contributed by atoms with van der Waals surface area (Å²) in [5.74, 6) is -3.02. The van der Waals surface area contributed by atoms with Gasteiger partial charge in [-0.1, -0.05) is 6.07 Å². The van der Waals surface area contributed by atoms with E-state index in [-0.39, 0.29) is 22.4 Å². The molecular weight excluding hydrogens is 518 g/mol. The molecule has 11 heteroatoms. The summed E-state index contributed by atoms with van der Waals surface area (Å²) >= 11 is 0. The van der Waals surface area contributed by atoms with E-state index in [9.17, 15) is 19.1 Å². The Labute approximate surface area is 226 Å². The lowest BCUT2D eigenvalue weighted by molar-refractivity contribution is 0.0694. The van der Waals surface area contributed by atoms with Crippen molar-refractivity contribution >= 4 is 44.8 Å². The molecule has 1 aliphatic carbocycles. The van der Waals surface area contributed by atoms with E-state index in [2.05, 4.69) is 20.2 Å². The average Bonchev–Trinajstić information content (AvgIpc) is 3.34. The number of nitrogens with zero attached hydrogens (tertiary/aromatic N) is 3. The highest BCUT2D eigenvalue weighted by molar-refractivity contribution is 6.18. The van der Waals surface area contributed by atoms with Gasteiger partial charge in [-0.25, -0.2) is 18.6 Å². The van der Waals surface area contributed by atoms with Crippen LogP contribution in [0.4, 0.5) is 20.2 Å². The number of carboxylic acids is 1. The van der Waals surface area contributed by atoms with E-state index < -0.39 is 23.2 Å². The zero-order valence-corrected chi connectivity index (χ0v) is 21.6. The fourth-order valence-electron chi connectivity index (χ4n) is 6.18. The normalized spacial score (nSPS) is 18.2. The zero-order chi connectivity index (χ0) is 27.9. The highest BCUT2D eigenvalue weighted by Crippen LogP contribution is 2.48. The molecule has 40 heavy (non-hydrogen) atoms. The molecule has 2 aliphatic rings. The lowest BCUT2D eigenvalue weighted by atomic mass is 9.97. The maximum absolute atomic E-state index is 15.5. The molecule has 1 unspecified atom stereocenters. The summed E-state index contributed by atoms with van der Waals surface area (Å²) in [4.78, 5) is 34.5. The lowest BCUT2D eigenvalue weighted by Crippen LogP contribution is -2.34. The van der Waals surface area contributed by atoms with Gasteiger partial charge in [0.05, 0.1) is 27.7 Å². The Morgan fingerprint density at radius 1 is 1.23 bits per heavy atom. The van der Waals surface area contributed by atoms with Crippen molar-refractivity contribution in [3.63, 3.8) is 0 Å². The molecule has 0 radical (unpaired) electrons. The number of H-pyrrole nitrogens is 1. The molecule has 5 aromatic rings. The summed E-state index contributed by atoms with van der Waals surface area (Å²) in [6.45, 7) is 1.30. The van der Waals surface area contributed by atoms with Gasteiger partial charge in [0, 0.05) is 60.8 Å². The molecule has 2 fully saturated rings. The van der Waals surface area contributed by atoms with E-state index in [1.807, 2.05) is 6.07 Å². The minimum absolute atomic E-state index is 0.0900. The SMILES string of the molecule is CNc1cc(F)c(F)c2c1[nH]c1ncc(-c3ccc4ccc(C(=O)O)c(=O)n4c3)c(N3CCC(C4(N)CC4)C3)c12. The number of halogens is 2. The fourth-order valence-corrected chi connectivity index (χ4v) is 6.18. The summed E-state index contributed by atoms with van der Waals surface area (Å²) in [7, 11) is 1.64. The summed E-state index contributed by atoms with van der Waals surface area (Å²) in [6, 6.07) is 7.49. The molecule has 1 aliphatic heterocycles. The first-order valence-corrected chi connectivity index (χ1v) is 13.1. The van der Waals surface area contributed by atoms with Gasteiger partial charge in [0.2, 0.25) is 0 Å². The Morgan fingerprint density at radius 2 is 2.00 bits per heavy atom. The molecule has 5 heterocycles. The first-order chi connectivity index (χ1) is 19.2. The van der Waals surface area contributed by atoms with Crippen molar-refractivity contribution < 1.29 is 18.7 Å². The van der Waals surface area contributed by atoms with Crippen LogP contribution in [0.25, 0.3) is 38.6 Å². The predicted octanol–water partition coefficient (Wildman–Crippen LogP) is 4.33. The number of fused-ring (bicyclic) bond motifs is 4. The molecule has 1 saturated heterocycles. The second-order valence-corrected chi connectivity index (χ2v) is 10.8. The zero-order valence-electron chi connectivity index (χ0n) is 21.6. The van der Waals surface area contributed by atoms with Crippen molar-refractivity contribution in [2.75, 3.05) is 30.4 Å². The van der Waals surface area contributed by atoms with Crippen LogP contribution in [-0.4, -0.2) is 51.1 Å². The number of carboxylic acid groups (broad SMARTS) is 1. The third-order valence-electron chi connectivity index (χ3n) is 8.57. The van der Waals surface area contributed by atoms with Gasteiger partial charge in [-0.2, -0.15) is 0 Å². The molecule has 1 saturated carbocycles. The van der Waals surface area contributed by atoms with Gasteiger partial charge in [-0.3, -0.25) is 9.20 Å². The van der Waals surface area contributed by atoms with Gasteiger partial charge in [0.25, 0.3) is 5.56 Å². The van der Waals surface area contributed by atoms with Gasteiger partial charge < -0.3 is 26.0 Å². The Hall–Kier alpha value is -4.51. The van der Waals surface area contributed by atoms with Crippen molar-refractivity contribution in [2.45, 2.75) is 24.8 Å². The third kappa shape index (κ3) is 3.50. The molecule has 1 aromatic carbocycles. The second kappa shape index (κ2) is 8.49. The van der Waals surface area contributed by atoms with Gasteiger partial charge in [0.15, 0.2) is 11.6 Å². The maximum Gasteiger partial charge on any atom is 0.341 e. The van der Waals surface area contributed by atoms with Crippen LogP contribution in [0, 0.1) is 17.6 Å². The summed E-state index contributed by atoms with van der Waals surface area (Å²) in [5.41, 5.74) is 8.93. The average molecular weight is 545 g/mol. The standard InChI is InChI=1S/C29H26F2N6O3/c1-33-20-10-19(30)23(31)21-22-25(36-9-6-15(13-36)29(32)7-8-29)18(11-34-26(22)35-24(20)21)14-2-3-16-4-5-17(28(39)40)27(38)37(16)12-14/h2-5,10-12,15,33H,6-9,13,32H2,1H3,(H,34,35)(H,39,40). The van der Waals surface area contributed by atoms with E-state index in [0.29, 0.717) is 57.7 Å². The summed E-state index contributed by atoms with van der Waals surface area (Å²) in [5, 5.41) is 12.9.